The van der Waals surface area contributed by atoms with Crippen LogP contribution < -0.4 is 10.2 Å². The van der Waals surface area contributed by atoms with Gasteiger partial charge in [-0.1, -0.05) is 6.07 Å². The van der Waals surface area contributed by atoms with Crippen LogP contribution in [0, 0.1) is 5.82 Å². The molecule has 0 saturated carbocycles. The lowest BCUT2D eigenvalue weighted by Crippen LogP contribution is -2.40. The summed E-state index contributed by atoms with van der Waals surface area (Å²) in [5, 5.41) is 12.9. The van der Waals surface area contributed by atoms with E-state index in [0.29, 0.717) is 13.1 Å². The Bertz CT molecular complexity index is 523. The number of nitrogens with one attached hydrogen (secondary N) is 1. The third-order valence-corrected chi connectivity index (χ3v) is 3.96. The molecule has 0 aromatic heterocycles. The van der Waals surface area contributed by atoms with E-state index in [1.54, 1.807) is 12.1 Å². The lowest BCUT2D eigenvalue weighted by Gasteiger charge is -2.22. The normalized spacial score (nSPS) is 18.3. The van der Waals surface area contributed by atoms with Crippen LogP contribution in [0.1, 0.15) is 19.8 Å². The minimum Gasteiger partial charge on any atom is -0.391 e. The number of likely N-dealkylation sites (tertiary alicyclic amines) is 1. The highest BCUT2D eigenvalue weighted by atomic mass is 19.1. The fourth-order valence-corrected chi connectivity index (χ4v) is 2.70. The van der Waals surface area contributed by atoms with Crippen molar-refractivity contribution in [3.05, 3.63) is 30.1 Å². The fourth-order valence-electron chi connectivity index (χ4n) is 2.70. The molecule has 6 heteroatoms. The fraction of sp³-hybridized carbons (Fsp3) is 0.588. The van der Waals surface area contributed by atoms with Crippen LogP contribution in [0.2, 0.25) is 0 Å². The molecule has 128 valence electrons. The molecule has 1 saturated heterocycles. The Morgan fingerprint density at radius 3 is 3.00 bits per heavy atom. The molecule has 0 unspecified atom stereocenters. The van der Waals surface area contributed by atoms with E-state index in [-0.39, 0.29) is 11.9 Å². The number of anilines is 1. The van der Waals surface area contributed by atoms with Gasteiger partial charge in [0.2, 0.25) is 0 Å². The molecule has 2 rings (SSSR count). The van der Waals surface area contributed by atoms with E-state index in [4.69, 9.17) is 0 Å². The lowest BCUT2D eigenvalue weighted by molar-refractivity contribution is 0.188. The number of aliphatic hydroxyl groups excluding tert-OH is 1. The van der Waals surface area contributed by atoms with Gasteiger partial charge in [0.05, 0.1) is 6.10 Å². The minimum atomic E-state index is -0.252. The summed E-state index contributed by atoms with van der Waals surface area (Å²) in [5.41, 5.74) is 0.878. The number of hydrogen-bond acceptors (Lipinski definition) is 3. The summed E-state index contributed by atoms with van der Waals surface area (Å²) in [4.78, 5) is 8.77. The molecule has 0 amide bonds. The quantitative estimate of drug-likeness (QED) is 0.475. The van der Waals surface area contributed by atoms with Gasteiger partial charge in [0.1, 0.15) is 5.82 Å². The van der Waals surface area contributed by atoms with Crippen molar-refractivity contribution in [2.24, 2.45) is 4.99 Å². The van der Waals surface area contributed by atoms with E-state index in [9.17, 15) is 9.50 Å². The highest BCUT2D eigenvalue weighted by Crippen LogP contribution is 2.14. The molecule has 1 atom stereocenters. The standard InChI is InChI=1S/C17H27FN4O/c1-3-19-17(22-11-8-16(23)13-22)20-9-5-10-21(2)15-7-4-6-14(18)12-15/h4,6-7,12,16,23H,3,5,8-11,13H2,1-2H3,(H,19,20)/t16-/m1/s1. The summed E-state index contributed by atoms with van der Waals surface area (Å²) >= 11 is 0. The number of hydrogen-bond donors (Lipinski definition) is 2. The SMILES string of the molecule is CCNC(=NCCCN(C)c1cccc(F)c1)N1CC[C@@H](O)C1. The van der Waals surface area contributed by atoms with Crippen molar-refractivity contribution in [1.29, 1.82) is 0 Å². The zero-order chi connectivity index (χ0) is 16.7. The minimum absolute atomic E-state index is 0.214. The van der Waals surface area contributed by atoms with Gasteiger partial charge in [0.25, 0.3) is 0 Å². The maximum Gasteiger partial charge on any atom is 0.194 e. The summed E-state index contributed by atoms with van der Waals surface area (Å²) in [6.07, 6.45) is 1.43. The van der Waals surface area contributed by atoms with Crippen molar-refractivity contribution in [3.8, 4) is 0 Å². The number of aliphatic imine (C=N–C) groups is 1. The van der Waals surface area contributed by atoms with Crippen LogP contribution in [0.5, 0.6) is 0 Å². The molecule has 1 heterocycles. The number of nitrogens with zero attached hydrogens (tertiary/aromatic N) is 3. The van der Waals surface area contributed by atoms with Gasteiger partial charge in [-0.15, -0.1) is 0 Å². The molecule has 0 spiro atoms. The monoisotopic (exact) mass is 322 g/mol. The summed E-state index contributed by atoms with van der Waals surface area (Å²) in [6, 6.07) is 6.62. The van der Waals surface area contributed by atoms with E-state index in [1.807, 2.05) is 24.9 Å². The molecule has 0 aliphatic carbocycles. The van der Waals surface area contributed by atoms with Crippen molar-refractivity contribution in [2.45, 2.75) is 25.9 Å². The van der Waals surface area contributed by atoms with Crippen LogP contribution in [-0.4, -0.2) is 61.8 Å². The summed E-state index contributed by atoms with van der Waals surface area (Å²) < 4.78 is 13.2. The van der Waals surface area contributed by atoms with Gasteiger partial charge < -0.3 is 20.2 Å². The third-order valence-electron chi connectivity index (χ3n) is 3.96. The third kappa shape index (κ3) is 5.39. The molecule has 1 aliphatic heterocycles. The largest absolute Gasteiger partial charge is 0.391 e. The number of guanidine groups is 1. The number of halogens is 1. The van der Waals surface area contributed by atoms with Crippen molar-refractivity contribution in [1.82, 2.24) is 10.2 Å². The van der Waals surface area contributed by atoms with Crippen molar-refractivity contribution in [2.75, 3.05) is 44.7 Å². The Morgan fingerprint density at radius 2 is 2.35 bits per heavy atom. The van der Waals surface area contributed by atoms with Crippen molar-refractivity contribution in [3.63, 3.8) is 0 Å². The molecule has 0 radical (unpaired) electrons. The first-order valence-corrected chi connectivity index (χ1v) is 8.28. The van der Waals surface area contributed by atoms with Crippen LogP contribution in [0.4, 0.5) is 10.1 Å². The molecule has 5 nitrogen and oxygen atoms in total. The molecule has 23 heavy (non-hydrogen) atoms. The molecule has 1 aliphatic rings. The smallest absolute Gasteiger partial charge is 0.194 e. The Balaban J connectivity index is 1.81. The van der Waals surface area contributed by atoms with Gasteiger partial charge in [-0.05, 0) is 38.0 Å². The summed E-state index contributed by atoms with van der Waals surface area (Å²) in [7, 11) is 1.96. The molecule has 1 aromatic rings. The number of aliphatic hydroxyl groups is 1. The van der Waals surface area contributed by atoms with Gasteiger partial charge in [-0.2, -0.15) is 0 Å². The number of β-amino-alcohol motifs (C(OH)–C–C–N with tert-alkyl or cyclic N) is 1. The van der Waals surface area contributed by atoms with Crippen molar-refractivity contribution < 1.29 is 9.50 Å². The highest BCUT2D eigenvalue weighted by molar-refractivity contribution is 5.80. The molecule has 0 bridgehead atoms. The second kappa shape index (κ2) is 8.72. The van der Waals surface area contributed by atoms with E-state index < -0.39 is 0 Å². The van der Waals surface area contributed by atoms with Gasteiger partial charge >= 0.3 is 0 Å². The number of benzene rings is 1. The molecular formula is C17H27FN4O. The predicted molar refractivity (Wildman–Crippen MR) is 92.5 cm³/mol. The van der Waals surface area contributed by atoms with Crippen molar-refractivity contribution >= 4 is 11.6 Å². The first kappa shape index (κ1) is 17.5. The average molecular weight is 322 g/mol. The Morgan fingerprint density at radius 1 is 1.52 bits per heavy atom. The maximum atomic E-state index is 13.2. The van der Waals surface area contributed by atoms with Gasteiger partial charge in [0, 0.05) is 45.5 Å². The molecule has 2 N–H and O–H groups in total. The van der Waals surface area contributed by atoms with E-state index >= 15 is 0 Å². The van der Waals surface area contributed by atoms with Gasteiger partial charge in [0.15, 0.2) is 5.96 Å². The number of rotatable bonds is 6. The zero-order valence-electron chi connectivity index (χ0n) is 14.0. The zero-order valence-corrected chi connectivity index (χ0v) is 14.0. The van der Waals surface area contributed by atoms with E-state index in [2.05, 4.69) is 15.2 Å². The van der Waals surface area contributed by atoms with Crippen LogP contribution in [0.25, 0.3) is 0 Å². The molecule has 1 aromatic carbocycles. The Hall–Kier alpha value is -1.82. The topological polar surface area (TPSA) is 51.1 Å². The molecule has 1 fully saturated rings. The first-order chi connectivity index (χ1) is 11.1. The average Bonchev–Trinajstić information content (AvgIpc) is 2.96. The van der Waals surface area contributed by atoms with Crippen LogP contribution in [0.15, 0.2) is 29.3 Å². The first-order valence-electron chi connectivity index (χ1n) is 8.28. The highest BCUT2D eigenvalue weighted by Gasteiger charge is 2.22. The van der Waals surface area contributed by atoms with Crippen LogP contribution >= 0.6 is 0 Å². The maximum absolute atomic E-state index is 13.2. The second-order valence-corrected chi connectivity index (χ2v) is 5.88. The van der Waals surface area contributed by atoms with E-state index in [1.165, 1.54) is 6.07 Å². The van der Waals surface area contributed by atoms with Gasteiger partial charge in [-0.25, -0.2) is 4.39 Å². The second-order valence-electron chi connectivity index (χ2n) is 5.88. The van der Waals surface area contributed by atoms with Gasteiger partial charge in [-0.3, -0.25) is 4.99 Å². The van der Waals surface area contributed by atoms with Crippen LogP contribution in [-0.2, 0) is 0 Å². The Labute approximate surface area is 137 Å². The predicted octanol–water partition coefficient (Wildman–Crippen LogP) is 1.68. The van der Waals surface area contributed by atoms with E-state index in [0.717, 1.165) is 44.1 Å². The lowest BCUT2D eigenvalue weighted by atomic mass is 10.2. The summed E-state index contributed by atoms with van der Waals surface area (Å²) in [5.74, 6) is 0.659. The van der Waals surface area contributed by atoms with Crippen LogP contribution in [0.3, 0.4) is 0 Å². The molecular weight excluding hydrogens is 295 g/mol. The summed E-state index contributed by atoms with van der Waals surface area (Å²) in [6.45, 7) is 5.86. The Kier molecular flexibility index (Phi) is 6.65.